The van der Waals surface area contributed by atoms with E-state index in [-0.39, 0.29) is 24.8 Å². The van der Waals surface area contributed by atoms with E-state index in [1.165, 1.54) is 0 Å². The van der Waals surface area contributed by atoms with E-state index in [0.29, 0.717) is 12.8 Å². The number of amides is 2. The van der Waals surface area contributed by atoms with Gasteiger partial charge in [0.15, 0.2) is 0 Å². The minimum Gasteiger partial charge on any atom is -0.480 e. The van der Waals surface area contributed by atoms with Gasteiger partial charge in [-0.15, -0.1) is 0 Å². The van der Waals surface area contributed by atoms with E-state index in [1.807, 2.05) is 45.0 Å². The lowest BCUT2D eigenvalue weighted by molar-refractivity contribution is -0.142. The standard InChI is InChI=1S/C18H26N2O4/c1-12(2)10-15(18(23)24)20-17(22)11-19-16(21)9-8-14-6-4-13(3)5-7-14/h4-7,12,15H,8-11H2,1-3H3,(H,19,21)(H,20,22)(H,23,24)/t15-/m0/s1. The Morgan fingerprint density at radius 2 is 1.71 bits per heavy atom. The minimum absolute atomic E-state index is 0.149. The quantitative estimate of drug-likeness (QED) is 0.640. The summed E-state index contributed by atoms with van der Waals surface area (Å²) in [6.45, 7) is 5.55. The molecule has 1 atom stereocenters. The normalized spacial score (nSPS) is 11.8. The predicted molar refractivity (Wildman–Crippen MR) is 91.5 cm³/mol. The number of carboxylic acids is 1. The van der Waals surface area contributed by atoms with Crippen molar-refractivity contribution in [1.82, 2.24) is 10.6 Å². The van der Waals surface area contributed by atoms with Crippen molar-refractivity contribution in [2.24, 2.45) is 5.92 Å². The highest BCUT2D eigenvalue weighted by Gasteiger charge is 2.21. The molecule has 6 nitrogen and oxygen atoms in total. The van der Waals surface area contributed by atoms with Crippen LogP contribution in [0.2, 0.25) is 0 Å². The fourth-order valence-corrected chi connectivity index (χ4v) is 2.22. The number of hydrogen-bond donors (Lipinski definition) is 3. The minimum atomic E-state index is -1.07. The van der Waals surface area contributed by atoms with Crippen LogP contribution in [-0.2, 0) is 20.8 Å². The highest BCUT2D eigenvalue weighted by molar-refractivity contribution is 5.87. The fraction of sp³-hybridized carbons (Fsp3) is 0.500. The molecule has 132 valence electrons. The van der Waals surface area contributed by atoms with Crippen LogP contribution in [0.4, 0.5) is 0 Å². The third-order valence-corrected chi connectivity index (χ3v) is 3.55. The Bertz CT molecular complexity index is 567. The second-order valence-electron chi connectivity index (χ2n) is 6.35. The number of aliphatic carboxylic acids is 1. The molecule has 0 aliphatic carbocycles. The maximum atomic E-state index is 11.8. The van der Waals surface area contributed by atoms with Crippen LogP contribution in [0.5, 0.6) is 0 Å². The Morgan fingerprint density at radius 1 is 1.08 bits per heavy atom. The summed E-state index contributed by atoms with van der Waals surface area (Å²) in [6.07, 6.45) is 1.23. The van der Waals surface area contributed by atoms with E-state index in [0.717, 1.165) is 11.1 Å². The van der Waals surface area contributed by atoms with Gasteiger partial charge in [-0.2, -0.15) is 0 Å². The van der Waals surface area contributed by atoms with E-state index >= 15 is 0 Å². The molecule has 2 amide bonds. The van der Waals surface area contributed by atoms with Crippen molar-refractivity contribution in [3.8, 4) is 0 Å². The third-order valence-electron chi connectivity index (χ3n) is 3.55. The molecular weight excluding hydrogens is 308 g/mol. The molecule has 0 fully saturated rings. The smallest absolute Gasteiger partial charge is 0.326 e. The van der Waals surface area contributed by atoms with Crippen molar-refractivity contribution in [1.29, 1.82) is 0 Å². The predicted octanol–water partition coefficient (Wildman–Crippen LogP) is 1.66. The van der Waals surface area contributed by atoms with E-state index < -0.39 is 17.9 Å². The summed E-state index contributed by atoms with van der Waals surface area (Å²) < 4.78 is 0. The summed E-state index contributed by atoms with van der Waals surface area (Å²) in [6, 6.07) is 6.99. The fourth-order valence-electron chi connectivity index (χ4n) is 2.22. The highest BCUT2D eigenvalue weighted by atomic mass is 16.4. The lowest BCUT2D eigenvalue weighted by Gasteiger charge is -2.16. The molecule has 0 radical (unpaired) electrons. The average Bonchev–Trinajstić information content (AvgIpc) is 2.51. The van der Waals surface area contributed by atoms with Crippen LogP contribution in [0, 0.1) is 12.8 Å². The molecule has 0 bridgehead atoms. The van der Waals surface area contributed by atoms with Crippen molar-refractivity contribution in [3.63, 3.8) is 0 Å². The van der Waals surface area contributed by atoms with Gasteiger partial charge in [0.05, 0.1) is 6.54 Å². The third kappa shape index (κ3) is 7.76. The first kappa shape index (κ1) is 19.7. The zero-order valence-corrected chi connectivity index (χ0v) is 14.5. The molecule has 0 aromatic heterocycles. The van der Waals surface area contributed by atoms with E-state index in [1.54, 1.807) is 0 Å². The van der Waals surface area contributed by atoms with Crippen molar-refractivity contribution in [3.05, 3.63) is 35.4 Å². The first-order valence-corrected chi connectivity index (χ1v) is 8.12. The number of carboxylic acid groups (broad SMARTS) is 1. The molecule has 0 aliphatic heterocycles. The molecule has 0 aliphatic rings. The Hall–Kier alpha value is -2.37. The lowest BCUT2D eigenvalue weighted by Crippen LogP contribution is -2.46. The van der Waals surface area contributed by atoms with Crippen LogP contribution >= 0.6 is 0 Å². The second kappa shape index (κ2) is 9.70. The lowest BCUT2D eigenvalue weighted by atomic mass is 10.0. The average molecular weight is 334 g/mol. The van der Waals surface area contributed by atoms with Gasteiger partial charge in [-0.05, 0) is 31.2 Å². The Labute approximate surface area is 142 Å². The van der Waals surface area contributed by atoms with Gasteiger partial charge < -0.3 is 15.7 Å². The van der Waals surface area contributed by atoms with Crippen LogP contribution < -0.4 is 10.6 Å². The van der Waals surface area contributed by atoms with Gasteiger partial charge in [0.25, 0.3) is 0 Å². The van der Waals surface area contributed by atoms with Crippen molar-refractivity contribution >= 4 is 17.8 Å². The molecule has 3 N–H and O–H groups in total. The number of carbonyl (C=O) groups is 3. The summed E-state index contributed by atoms with van der Waals surface area (Å²) in [4.78, 5) is 34.6. The van der Waals surface area contributed by atoms with Gasteiger partial charge in [-0.1, -0.05) is 43.7 Å². The SMILES string of the molecule is Cc1ccc(CCC(=O)NCC(=O)N[C@@H](CC(C)C)C(=O)O)cc1. The van der Waals surface area contributed by atoms with Crippen LogP contribution in [0.3, 0.4) is 0 Å². The molecule has 1 rings (SSSR count). The number of nitrogens with one attached hydrogen (secondary N) is 2. The molecule has 1 aromatic rings. The van der Waals surface area contributed by atoms with Crippen molar-refractivity contribution in [2.45, 2.75) is 46.1 Å². The van der Waals surface area contributed by atoms with Crippen molar-refractivity contribution in [2.75, 3.05) is 6.54 Å². The number of rotatable bonds is 9. The summed E-state index contributed by atoms with van der Waals surface area (Å²) in [5, 5.41) is 14.0. The maximum absolute atomic E-state index is 11.8. The topological polar surface area (TPSA) is 95.5 Å². The number of hydrogen-bond acceptors (Lipinski definition) is 3. The Balaban J connectivity index is 2.33. The van der Waals surface area contributed by atoms with E-state index in [2.05, 4.69) is 10.6 Å². The maximum Gasteiger partial charge on any atom is 0.326 e. The second-order valence-corrected chi connectivity index (χ2v) is 6.35. The van der Waals surface area contributed by atoms with Gasteiger partial charge >= 0.3 is 5.97 Å². The van der Waals surface area contributed by atoms with Crippen LogP contribution in [-0.4, -0.2) is 35.5 Å². The van der Waals surface area contributed by atoms with Gasteiger partial charge in [0.1, 0.15) is 6.04 Å². The van der Waals surface area contributed by atoms with Crippen LogP contribution in [0.15, 0.2) is 24.3 Å². The molecular formula is C18H26N2O4. The molecule has 1 aromatic carbocycles. The van der Waals surface area contributed by atoms with Crippen molar-refractivity contribution < 1.29 is 19.5 Å². The van der Waals surface area contributed by atoms with E-state index in [9.17, 15) is 14.4 Å². The summed E-state index contributed by atoms with van der Waals surface area (Å²) in [5.74, 6) is -1.65. The highest BCUT2D eigenvalue weighted by Crippen LogP contribution is 2.06. The van der Waals surface area contributed by atoms with Gasteiger partial charge in [0.2, 0.25) is 11.8 Å². The van der Waals surface area contributed by atoms with Crippen LogP contribution in [0.25, 0.3) is 0 Å². The largest absolute Gasteiger partial charge is 0.480 e. The molecule has 0 saturated carbocycles. The van der Waals surface area contributed by atoms with Gasteiger partial charge in [-0.3, -0.25) is 9.59 Å². The first-order chi connectivity index (χ1) is 11.3. The van der Waals surface area contributed by atoms with Gasteiger partial charge in [-0.25, -0.2) is 4.79 Å². The Kier molecular flexibility index (Phi) is 7.95. The zero-order valence-electron chi connectivity index (χ0n) is 14.5. The summed E-state index contributed by atoms with van der Waals surface area (Å²) in [5.41, 5.74) is 2.22. The molecule has 0 spiro atoms. The molecule has 6 heteroatoms. The number of carbonyl (C=O) groups excluding carboxylic acids is 2. The monoisotopic (exact) mass is 334 g/mol. The zero-order chi connectivity index (χ0) is 18.1. The molecule has 0 heterocycles. The summed E-state index contributed by atoms with van der Waals surface area (Å²) in [7, 11) is 0. The molecule has 24 heavy (non-hydrogen) atoms. The molecule has 0 unspecified atom stereocenters. The van der Waals surface area contributed by atoms with Gasteiger partial charge in [0, 0.05) is 6.42 Å². The first-order valence-electron chi connectivity index (χ1n) is 8.12. The molecule has 0 saturated heterocycles. The summed E-state index contributed by atoms with van der Waals surface area (Å²) >= 11 is 0. The Morgan fingerprint density at radius 3 is 2.25 bits per heavy atom. The van der Waals surface area contributed by atoms with Crippen LogP contribution in [0.1, 0.15) is 37.8 Å². The number of aryl methyl sites for hydroxylation is 2. The van der Waals surface area contributed by atoms with E-state index in [4.69, 9.17) is 5.11 Å². The number of benzene rings is 1.